The Morgan fingerprint density at radius 3 is 2.50 bits per heavy atom. The van der Waals surface area contributed by atoms with Crippen molar-refractivity contribution in [1.29, 1.82) is 0 Å². The van der Waals surface area contributed by atoms with Crippen LogP contribution in [-0.4, -0.2) is 4.98 Å². The Morgan fingerprint density at radius 1 is 1.00 bits per heavy atom. The number of hydrogen-bond acceptors (Lipinski definition) is 3. The van der Waals surface area contributed by atoms with Crippen LogP contribution in [0.1, 0.15) is 5.56 Å². The molecule has 0 radical (unpaired) electrons. The van der Waals surface area contributed by atoms with Crippen LogP contribution in [0.2, 0.25) is 10.0 Å². The third kappa shape index (κ3) is 2.91. The Hall–Kier alpha value is -2.10. The number of aromatic nitrogens is 1. The first kappa shape index (κ1) is 14.8. The fourth-order valence-corrected chi connectivity index (χ4v) is 2.67. The van der Waals surface area contributed by atoms with Gasteiger partial charge in [-0.2, -0.15) is 0 Å². The molecule has 0 aliphatic rings. The lowest BCUT2D eigenvalue weighted by Gasteiger charge is -2.07. The minimum atomic E-state index is -0.478. The first-order valence-corrected chi connectivity index (χ1v) is 7.34. The van der Waals surface area contributed by atoms with Gasteiger partial charge in [-0.15, -0.1) is 0 Å². The molecule has 5 heteroatoms. The molecule has 0 spiro atoms. The predicted molar refractivity (Wildman–Crippen MR) is 88.4 cm³/mol. The highest BCUT2D eigenvalue weighted by Gasteiger charge is 2.12. The normalized spacial score (nSPS) is 10.7. The van der Waals surface area contributed by atoms with Gasteiger partial charge in [0.2, 0.25) is 5.89 Å². The van der Waals surface area contributed by atoms with E-state index in [-0.39, 0.29) is 5.89 Å². The molecule has 1 aromatic heterocycles. The van der Waals surface area contributed by atoms with E-state index in [1.54, 1.807) is 18.2 Å². The molecule has 110 valence electrons. The average Bonchev–Trinajstić information content (AvgIpc) is 2.47. The number of aryl methyl sites for hydroxylation is 1. The molecule has 3 aromatic rings. The Labute approximate surface area is 137 Å². The first-order valence-electron chi connectivity index (χ1n) is 6.58. The van der Waals surface area contributed by atoms with Crippen molar-refractivity contribution in [2.24, 2.45) is 0 Å². The van der Waals surface area contributed by atoms with Crippen molar-refractivity contribution in [3.8, 4) is 22.7 Å². The lowest BCUT2D eigenvalue weighted by Crippen LogP contribution is -2.02. The van der Waals surface area contributed by atoms with Crippen molar-refractivity contribution >= 4 is 23.2 Å². The molecule has 0 fully saturated rings. The smallest absolute Gasteiger partial charge is 0.339 e. The van der Waals surface area contributed by atoms with E-state index in [9.17, 15) is 4.79 Å². The molecule has 2 aromatic carbocycles. The topological polar surface area (TPSA) is 43.1 Å². The molecular weight excluding hydrogens is 321 g/mol. The van der Waals surface area contributed by atoms with E-state index in [1.807, 2.05) is 31.2 Å². The van der Waals surface area contributed by atoms with Crippen molar-refractivity contribution in [3.05, 3.63) is 74.6 Å². The standard InChI is InChI=1S/C17H11Cl2NO2/c1-10-4-2-3-5-12(10)17-20-15(9-16(21)22-17)13-7-6-11(18)8-14(13)19/h2-9H,1H3. The van der Waals surface area contributed by atoms with Gasteiger partial charge in [0, 0.05) is 16.1 Å². The molecule has 0 aliphatic heterocycles. The van der Waals surface area contributed by atoms with Crippen LogP contribution in [0, 0.1) is 6.92 Å². The second-order valence-electron chi connectivity index (χ2n) is 4.81. The molecule has 0 saturated carbocycles. The SMILES string of the molecule is Cc1ccccc1-c1nc(-c2ccc(Cl)cc2Cl)cc(=O)o1. The third-order valence-electron chi connectivity index (χ3n) is 3.26. The molecule has 3 rings (SSSR count). The van der Waals surface area contributed by atoms with E-state index in [0.717, 1.165) is 11.1 Å². The van der Waals surface area contributed by atoms with Crippen molar-refractivity contribution in [1.82, 2.24) is 4.98 Å². The van der Waals surface area contributed by atoms with E-state index in [4.69, 9.17) is 27.6 Å². The highest BCUT2D eigenvalue weighted by Crippen LogP contribution is 2.30. The second-order valence-corrected chi connectivity index (χ2v) is 5.65. The Balaban J connectivity index is 2.19. The maximum absolute atomic E-state index is 11.9. The Kier molecular flexibility index (Phi) is 4.01. The van der Waals surface area contributed by atoms with Gasteiger partial charge in [0.1, 0.15) is 0 Å². The van der Waals surface area contributed by atoms with E-state index >= 15 is 0 Å². The van der Waals surface area contributed by atoms with Crippen molar-refractivity contribution < 1.29 is 4.42 Å². The van der Waals surface area contributed by atoms with Crippen LogP contribution >= 0.6 is 23.2 Å². The lowest BCUT2D eigenvalue weighted by molar-refractivity contribution is 0.508. The molecule has 3 nitrogen and oxygen atoms in total. The van der Waals surface area contributed by atoms with Gasteiger partial charge in [-0.05, 0) is 36.8 Å². The Morgan fingerprint density at radius 2 is 1.77 bits per heavy atom. The van der Waals surface area contributed by atoms with Crippen molar-refractivity contribution in [2.45, 2.75) is 6.92 Å². The van der Waals surface area contributed by atoms with Gasteiger partial charge < -0.3 is 4.42 Å². The summed E-state index contributed by atoms with van der Waals surface area (Å²) in [6.45, 7) is 1.93. The summed E-state index contributed by atoms with van der Waals surface area (Å²) in [5, 5.41) is 0.956. The monoisotopic (exact) mass is 331 g/mol. The van der Waals surface area contributed by atoms with Gasteiger partial charge in [0.05, 0.1) is 16.8 Å². The zero-order chi connectivity index (χ0) is 15.7. The zero-order valence-electron chi connectivity index (χ0n) is 11.6. The fraction of sp³-hybridized carbons (Fsp3) is 0.0588. The van der Waals surface area contributed by atoms with E-state index in [0.29, 0.717) is 21.3 Å². The molecule has 0 unspecified atom stereocenters. The summed E-state index contributed by atoms with van der Waals surface area (Å²) < 4.78 is 5.23. The number of rotatable bonds is 2. The summed E-state index contributed by atoms with van der Waals surface area (Å²) in [4.78, 5) is 16.3. The largest absolute Gasteiger partial charge is 0.404 e. The van der Waals surface area contributed by atoms with Crippen LogP contribution in [0.3, 0.4) is 0 Å². The van der Waals surface area contributed by atoms with Gasteiger partial charge in [-0.1, -0.05) is 41.4 Å². The molecule has 22 heavy (non-hydrogen) atoms. The van der Waals surface area contributed by atoms with Crippen molar-refractivity contribution in [2.75, 3.05) is 0 Å². The average molecular weight is 332 g/mol. The first-order chi connectivity index (χ1) is 10.5. The predicted octanol–water partition coefficient (Wildman–Crippen LogP) is 4.98. The van der Waals surface area contributed by atoms with E-state index in [1.165, 1.54) is 6.07 Å². The number of benzene rings is 2. The van der Waals surface area contributed by atoms with Crippen LogP contribution in [0.15, 0.2) is 57.7 Å². The van der Waals surface area contributed by atoms with E-state index < -0.39 is 5.63 Å². The highest BCUT2D eigenvalue weighted by atomic mass is 35.5. The van der Waals surface area contributed by atoms with Crippen LogP contribution < -0.4 is 5.63 Å². The highest BCUT2D eigenvalue weighted by molar-refractivity contribution is 6.36. The molecule has 0 aliphatic carbocycles. The molecular formula is C17H11Cl2NO2. The summed E-state index contributed by atoms with van der Waals surface area (Å²) in [5.74, 6) is 0.270. The third-order valence-corrected chi connectivity index (χ3v) is 3.80. The van der Waals surface area contributed by atoms with Gasteiger partial charge in [0.25, 0.3) is 0 Å². The van der Waals surface area contributed by atoms with Crippen LogP contribution in [-0.2, 0) is 0 Å². The molecule has 0 saturated heterocycles. The fourth-order valence-electron chi connectivity index (χ4n) is 2.16. The van der Waals surface area contributed by atoms with Crippen LogP contribution in [0.5, 0.6) is 0 Å². The van der Waals surface area contributed by atoms with E-state index in [2.05, 4.69) is 4.98 Å². The zero-order valence-corrected chi connectivity index (χ0v) is 13.2. The van der Waals surface area contributed by atoms with Crippen LogP contribution in [0.4, 0.5) is 0 Å². The number of nitrogens with zero attached hydrogens (tertiary/aromatic N) is 1. The van der Waals surface area contributed by atoms with Gasteiger partial charge >= 0.3 is 5.63 Å². The summed E-state index contributed by atoms with van der Waals surface area (Å²) in [6.07, 6.45) is 0. The lowest BCUT2D eigenvalue weighted by atomic mass is 10.1. The minimum Gasteiger partial charge on any atom is -0.404 e. The Bertz CT molecular complexity index is 903. The number of halogens is 2. The minimum absolute atomic E-state index is 0.270. The van der Waals surface area contributed by atoms with Crippen LogP contribution in [0.25, 0.3) is 22.7 Å². The summed E-state index contributed by atoms with van der Waals surface area (Å²) in [7, 11) is 0. The summed E-state index contributed by atoms with van der Waals surface area (Å²) in [6, 6.07) is 13.9. The molecule has 1 heterocycles. The van der Waals surface area contributed by atoms with Gasteiger partial charge in [0.15, 0.2) is 0 Å². The summed E-state index contributed by atoms with van der Waals surface area (Å²) >= 11 is 12.1. The maximum atomic E-state index is 11.9. The van der Waals surface area contributed by atoms with Gasteiger partial charge in [-0.25, -0.2) is 9.78 Å². The number of hydrogen-bond donors (Lipinski definition) is 0. The maximum Gasteiger partial charge on any atom is 0.339 e. The molecule has 0 bridgehead atoms. The molecule has 0 N–H and O–H groups in total. The second kappa shape index (κ2) is 5.95. The quantitative estimate of drug-likeness (QED) is 0.664. The molecule has 0 amide bonds. The molecule has 0 atom stereocenters. The van der Waals surface area contributed by atoms with Crippen molar-refractivity contribution in [3.63, 3.8) is 0 Å². The van der Waals surface area contributed by atoms with Gasteiger partial charge in [-0.3, -0.25) is 0 Å². The summed E-state index contributed by atoms with van der Waals surface area (Å²) in [5.41, 5.74) is 2.35.